The lowest BCUT2D eigenvalue weighted by Crippen LogP contribution is -2.12. The monoisotopic (exact) mass is 314 g/mol. The smallest absolute Gasteiger partial charge is 0.00667 e. The average molecular weight is 314 g/mol. The Hall–Kier alpha value is -2.08. The Bertz CT molecular complexity index is 798. The summed E-state index contributed by atoms with van der Waals surface area (Å²) in [5, 5.41) is 0. The lowest BCUT2D eigenvalue weighted by atomic mass is 9.77. The normalized spacial score (nSPS) is 20.7. The second kappa shape index (κ2) is 5.77. The molecule has 2 aromatic rings. The number of rotatable bonds is 2. The van der Waals surface area contributed by atoms with E-state index in [1.807, 2.05) is 0 Å². The third kappa shape index (κ3) is 2.45. The highest BCUT2D eigenvalue weighted by molar-refractivity contribution is 5.99. The number of hydrogen-bond donors (Lipinski definition) is 0. The second-order valence-corrected chi connectivity index (χ2v) is 8.12. The summed E-state index contributed by atoms with van der Waals surface area (Å²) in [6.45, 7) is 7.11. The quantitative estimate of drug-likeness (QED) is 0.575. The largest absolute Gasteiger partial charge is 0.0622 e. The molecule has 1 saturated carbocycles. The van der Waals surface area contributed by atoms with Crippen molar-refractivity contribution in [3.63, 3.8) is 0 Å². The summed E-state index contributed by atoms with van der Waals surface area (Å²) in [5.41, 5.74) is 9.35. The zero-order valence-corrected chi connectivity index (χ0v) is 15.0. The molecule has 0 bridgehead atoms. The summed E-state index contributed by atoms with van der Waals surface area (Å²) >= 11 is 0. The van der Waals surface area contributed by atoms with Crippen LogP contribution in [0.2, 0.25) is 0 Å². The van der Waals surface area contributed by atoms with E-state index in [9.17, 15) is 0 Å². The Balaban J connectivity index is 2.00. The molecule has 0 aromatic heterocycles. The fraction of sp³-hybridized carbons (Fsp3) is 0.333. The van der Waals surface area contributed by atoms with Gasteiger partial charge in [0.25, 0.3) is 0 Å². The Morgan fingerprint density at radius 2 is 1.38 bits per heavy atom. The summed E-state index contributed by atoms with van der Waals surface area (Å²) in [4.78, 5) is 0. The molecule has 2 aliphatic rings. The number of benzene rings is 2. The molecule has 0 nitrogen and oxygen atoms in total. The van der Waals surface area contributed by atoms with E-state index in [0.717, 1.165) is 0 Å². The van der Waals surface area contributed by atoms with Crippen LogP contribution in [-0.4, -0.2) is 0 Å². The van der Waals surface area contributed by atoms with Gasteiger partial charge >= 0.3 is 0 Å². The third-order valence-electron chi connectivity index (χ3n) is 5.45. The van der Waals surface area contributed by atoms with Crippen molar-refractivity contribution in [2.75, 3.05) is 0 Å². The molecule has 0 heterocycles. The Kier molecular flexibility index (Phi) is 3.72. The molecule has 0 spiro atoms. The van der Waals surface area contributed by atoms with Crippen LogP contribution in [0.5, 0.6) is 0 Å². The van der Waals surface area contributed by atoms with Crippen LogP contribution < -0.4 is 0 Å². The van der Waals surface area contributed by atoms with Crippen LogP contribution in [0, 0.1) is 11.3 Å². The van der Waals surface area contributed by atoms with Crippen molar-refractivity contribution in [1.82, 2.24) is 0 Å². The van der Waals surface area contributed by atoms with Gasteiger partial charge in [0.05, 0.1) is 0 Å². The minimum absolute atomic E-state index is 0.147. The lowest BCUT2D eigenvalue weighted by molar-refractivity contribution is 0.521. The highest BCUT2D eigenvalue weighted by atomic mass is 14.4. The molecule has 0 amide bonds. The van der Waals surface area contributed by atoms with Crippen LogP contribution in [0.15, 0.2) is 71.8 Å². The summed E-state index contributed by atoms with van der Waals surface area (Å²) < 4.78 is 0. The van der Waals surface area contributed by atoms with E-state index in [1.54, 1.807) is 22.3 Å². The molecule has 122 valence electrons. The third-order valence-corrected chi connectivity index (χ3v) is 5.45. The van der Waals surface area contributed by atoms with Gasteiger partial charge in [-0.25, -0.2) is 0 Å². The van der Waals surface area contributed by atoms with Crippen LogP contribution >= 0.6 is 0 Å². The molecular weight excluding hydrogens is 288 g/mol. The predicted molar refractivity (Wildman–Crippen MR) is 104 cm³/mol. The highest BCUT2D eigenvalue weighted by Crippen LogP contribution is 2.57. The average Bonchev–Trinajstić information content (AvgIpc) is 3.15. The van der Waals surface area contributed by atoms with Crippen LogP contribution in [0.1, 0.15) is 51.2 Å². The van der Waals surface area contributed by atoms with Gasteiger partial charge in [-0.1, -0.05) is 87.0 Å². The fourth-order valence-corrected chi connectivity index (χ4v) is 4.61. The maximum absolute atomic E-state index is 2.37. The first-order valence-corrected chi connectivity index (χ1v) is 9.16. The first-order valence-electron chi connectivity index (χ1n) is 9.16. The second-order valence-electron chi connectivity index (χ2n) is 8.12. The first kappa shape index (κ1) is 15.4. The van der Waals surface area contributed by atoms with Crippen molar-refractivity contribution in [3.05, 3.63) is 82.9 Å². The zero-order valence-electron chi connectivity index (χ0n) is 15.0. The summed E-state index contributed by atoms with van der Waals surface area (Å²) in [5.74, 6) is 0.622. The van der Waals surface area contributed by atoms with Gasteiger partial charge < -0.3 is 0 Å². The number of hydrogen-bond acceptors (Lipinski definition) is 0. The molecular formula is C24H26. The molecule has 1 unspecified atom stereocenters. The standard InChI is InChI=1S/C24H26/c1-24(2,3)23-21(17-11-6-4-7-12-17)19-15-10-16-20(19)22(23)18-13-8-5-9-14-18/h4-9,11-14,19H,10,15-16H2,1-3H3. The Labute approximate surface area is 145 Å². The van der Waals surface area contributed by atoms with Crippen molar-refractivity contribution >= 4 is 11.1 Å². The molecule has 1 atom stereocenters. The molecule has 24 heavy (non-hydrogen) atoms. The Morgan fingerprint density at radius 1 is 0.792 bits per heavy atom. The van der Waals surface area contributed by atoms with E-state index in [2.05, 4.69) is 81.4 Å². The van der Waals surface area contributed by atoms with Gasteiger partial charge in [0.1, 0.15) is 0 Å². The van der Waals surface area contributed by atoms with Crippen molar-refractivity contribution in [2.45, 2.75) is 40.0 Å². The van der Waals surface area contributed by atoms with Crippen molar-refractivity contribution in [3.8, 4) is 0 Å². The van der Waals surface area contributed by atoms with E-state index in [0.29, 0.717) is 5.92 Å². The van der Waals surface area contributed by atoms with Crippen molar-refractivity contribution in [1.29, 1.82) is 0 Å². The summed E-state index contributed by atoms with van der Waals surface area (Å²) in [6, 6.07) is 22.1. The molecule has 4 rings (SSSR count). The van der Waals surface area contributed by atoms with Crippen LogP contribution in [0.25, 0.3) is 11.1 Å². The van der Waals surface area contributed by atoms with Gasteiger partial charge in [-0.15, -0.1) is 0 Å². The summed E-state index contributed by atoms with van der Waals surface area (Å²) in [7, 11) is 0. The predicted octanol–water partition coefficient (Wildman–Crippen LogP) is 6.75. The van der Waals surface area contributed by atoms with Gasteiger partial charge in [-0.05, 0) is 52.5 Å². The van der Waals surface area contributed by atoms with E-state index in [-0.39, 0.29) is 5.41 Å². The van der Waals surface area contributed by atoms with Gasteiger partial charge in [0.15, 0.2) is 0 Å². The van der Waals surface area contributed by atoms with Crippen LogP contribution in [0.3, 0.4) is 0 Å². The Morgan fingerprint density at radius 3 is 1.96 bits per heavy atom. The van der Waals surface area contributed by atoms with Crippen LogP contribution in [0.4, 0.5) is 0 Å². The maximum atomic E-state index is 2.37. The number of fused-ring (bicyclic) bond motifs is 1. The van der Waals surface area contributed by atoms with Gasteiger partial charge in [0.2, 0.25) is 0 Å². The van der Waals surface area contributed by atoms with Gasteiger partial charge in [0, 0.05) is 5.92 Å². The molecule has 0 saturated heterocycles. The van der Waals surface area contributed by atoms with E-state index in [1.165, 1.54) is 30.4 Å². The zero-order chi connectivity index (χ0) is 16.7. The van der Waals surface area contributed by atoms with E-state index >= 15 is 0 Å². The molecule has 0 heteroatoms. The van der Waals surface area contributed by atoms with E-state index < -0.39 is 0 Å². The topological polar surface area (TPSA) is 0 Å². The molecule has 0 N–H and O–H groups in total. The summed E-state index contributed by atoms with van der Waals surface area (Å²) in [6.07, 6.45) is 3.88. The fourth-order valence-electron chi connectivity index (χ4n) is 4.61. The van der Waals surface area contributed by atoms with E-state index in [4.69, 9.17) is 0 Å². The van der Waals surface area contributed by atoms with Gasteiger partial charge in [-0.3, -0.25) is 0 Å². The molecule has 1 fully saturated rings. The molecule has 2 aliphatic carbocycles. The molecule has 0 aliphatic heterocycles. The van der Waals surface area contributed by atoms with Crippen molar-refractivity contribution in [2.24, 2.45) is 11.3 Å². The van der Waals surface area contributed by atoms with Crippen LogP contribution in [-0.2, 0) is 0 Å². The van der Waals surface area contributed by atoms with Gasteiger partial charge in [-0.2, -0.15) is 0 Å². The SMILES string of the molecule is CC(C)(C)C1=C(c2ccccc2)C2CCCC2=C1c1ccccc1. The first-order chi connectivity index (χ1) is 11.6. The highest BCUT2D eigenvalue weighted by Gasteiger charge is 2.40. The minimum atomic E-state index is 0.147. The molecule has 0 radical (unpaired) electrons. The maximum Gasteiger partial charge on any atom is 0.00667 e. The molecule has 2 aromatic carbocycles. The lowest BCUT2D eigenvalue weighted by Gasteiger charge is -2.27. The van der Waals surface area contributed by atoms with Crippen molar-refractivity contribution < 1.29 is 0 Å². The number of allylic oxidation sites excluding steroid dienone is 4. The minimum Gasteiger partial charge on any atom is -0.0622 e.